The van der Waals surface area contributed by atoms with Crippen molar-refractivity contribution in [1.29, 1.82) is 0 Å². The van der Waals surface area contributed by atoms with Crippen LogP contribution in [0.4, 0.5) is 23.9 Å². The number of hydrogen-bond acceptors (Lipinski definition) is 6. The van der Waals surface area contributed by atoms with Gasteiger partial charge in [0.1, 0.15) is 0 Å². The average Bonchev–Trinajstić information content (AvgIpc) is 3.45. The monoisotopic (exact) mass is 578 g/mol. The maximum atomic E-state index is 13.6. The fraction of sp³-hybridized carbons (Fsp3) is 0.500. The van der Waals surface area contributed by atoms with E-state index in [1.54, 1.807) is 24.9 Å². The van der Waals surface area contributed by atoms with Gasteiger partial charge in [0, 0.05) is 53.8 Å². The number of alkyl halides is 3. The van der Waals surface area contributed by atoms with E-state index in [0.29, 0.717) is 48.5 Å². The summed E-state index contributed by atoms with van der Waals surface area (Å²) in [5.41, 5.74) is 0.962. The first-order valence-electron chi connectivity index (χ1n) is 13.4. The summed E-state index contributed by atoms with van der Waals surface area (Å²) < 4.78 is 46.3. The van der Waals surface area contributed by atoms with Gasteiger partial charge in [0.15, 0.2) is 0 Å². The van der Waals surface area contributed by atoms with Gasteiger partial charge in [-0.15, -0.1) is 0 Å². The molecule has 1 N–H and O–H groups in total. The van der Waals surface area contributed by atoms with Crippen LogP contribution in [0.25, 0.3) is 11.3 Å². The SMILES string of the molecule is CC[C@@H]1CC(N(Cc2cc(Cl)cc(C(F)(F)F)c2)c2ncc(-c3c[nH]cn3)cn2)C[C@H](CC)N1C(=O)OC(C)C. The molecule has 0 spiro atoms. The molecule has 1 aliphatic rings. The molecule has 1 aromatic carbocycles. The van der Waals surface area contributed by atoms with Crippen molar-refractivity contribution < 1.29 is 22.7 Å². The Labute approximate surface area is 236 Å². The van der Waals surface area contributed by atoms with Gasteiger partial charge in [-0.1, -0.05) is 25.4 Å². The predicted molar refractivity (Wildman–Crippen MR) is 147 cm³/mol. The van der Waals surface area contributed by atoms with Crippen LogP contribution in [0.15, 0.2) is 43.1 Å². The zero-order valence-electron chi connectivity index (χ0n) is 23.0. The number of rotatable bonds is 8. The third-order valence-corrected chi connectivity index (χ3v) is 7.35. The van der Waals surface area contributed by atoms with Crippen LogP contribution in [-0.4, -0.2) is 55.2 Å². The molecule has 3 heterocycles. The lowest BCUT2D eigenvalue weighted by atomic mass is 9.87. The van der Waals surface area contributed by atoms with E-state index in [9.17, 15) is 18.0 Å². The van der Waals surface area contributed by atoms with Gasteiger partial charge in [0.25, 0.3) is 0 Å². The smallest absolute Gasteiger partial charge is 0.416 e. The van der Waals surface area contributed by atoms with Gasteiger partial charge in [-0.25, -0.2) is 19.7 Å². The summed E-state index contributed by atoms with van der Waals surface area (Å²) >= 11 is 6.12. The van der Waals surface area contributed by atoms with Crippen molar-refractivity contribution in [3.05, 3.63) is 59.3 Å². The number of aromatic nitrogens is 4. The van der Waals surface area contributed by atoms with Crippen LogP contribution in [0.2, 0.25) is 5.02 Å². The first-order valence-corrected chi connectivity index (χ1v) is 13.8. The van der Waals surface area contributed by atoms with Gasteiger partial charge in [0.05, 0.1) is 23.7 Å². The van der Waals surface area contributed by atoms with Gasteiger partial charge in [0.2, 0.25) is 5.95 Å². The molecule has 1 saturated heterocycles. The fourth-order valence-corrected chi connectivity index (χ4v) is 5.53. The zero-order valence-corrected chi connectivity index (χ0v) is 23.7. The van der Waals surface area contributed by atoms with E-state index in [0.717, 1.165) is 12.1 Å². The summed E-state index contributed by atoms with van der Waals surface area (Å²) in [6.45, 7) is 7.78. The first-order chi connectivity index (χ1) is 19.0. The number of imidazole rings is 1. The molecule has 4 rings (SSSR count). The van der Waals surface area contributed by atoms with Crippen molar-refractivity contribution in [3.8, 4) is 11.3 Å². The molecular formula is C28H34ClF3N6O2. The van der Waals surface area contributed by atoms with Crippen LogP contribution in [-0.2, 0) is 17.5 Å². The lowest BCUT2D eigenvalue weighted by Gasteiger charge is -2.47. The lowest BCUT2D eigenvalue weighted by Crippen LogP contribution is -2.57. The van der Waals surface area contributed by atoms with Crippen molar-refractivity contribution in [2.75, 3.05) is 4.90 Å². The number of nitrogens with zero attached hydrogens (tertiary/aromatic N) is 5. The van der Waals surface area contributed by atoms with Crippen molar-refractivity contribution in [1.82, 2.24) is 24.8 Å². The fourth-order valence-electron chi connectivity index (χ4n) is 5.28. The molecule has 3 aromatic rings. The molecule has 8 nitrogen and oxygen atoms in total. The zero-order chi connectivity index (χ0) is 29.0. The standard InChI is InChI=1S/C28H34ClF3N6O2/c1-5-22-10-24(11-23(6-2)38(22)27(39)40-17(3)4)37(15-18-7-20(28(30,31)32)9-21(29)8-18)26-34-12-19(13-35-26)25-14-33-16-36-25/h7-9,12-14,16-17,22-24H,5-6,10-11,15H2,1-4H3,(H,33,36)/t22-,23+,24?. The summed E-state index contributed by atoms with van der Waals surface area (Å²) in [5.74, 6) is 0.376. The van der Waals surface area contributed by atoms with E-state index in [-0.39, 0.29) is 41.9 Å². The number of ether oxygens (including phenoxy) is 1. The maximum Gasteiger partial charge on any atom is 0.416 e. The van der Waals surface area contributed by atoms with E-state index < -0.39 is 11.7 Å². The molecule has 0 bridgehead atoms. The first kappa shape index (κ1) is 29.6. The number of likely N-dealkylation sites (tertiary alicyclic amines) is 1. The maximum absolute atomic E-state index is 13.6. The van der Waals surface area contributed by atoms with E-state index in [2.05, 4.69) is 19.9 Å². The van der Waals surface area contributed by atoms with Crippen LogP contribution >= 0.6 is 11.6 Å². The molecule has 40 heavy (non-hydrogen) atoms. The van der Waals surface area contributed by atoms with Gasteiger partial charge in [-0.2, -0.15) is 13.2 Å². The minimum absolute atomic E-state index is 0.00342. The molecule has 1 aliphatic heterocycles. The molecular weight excluding hydrogens is 545 g/mol. The Bertz CT molecular complexity index is 1260. The third kappa shape index (κ3) is 6.86. The number of hydrogen-bond donors (Lipinski definition) is 1. The molecule has 0 radical (unpaired) electrons. The Morgan fingerprint density at radius 1 is 1.12 bits per heavy atom. The molecule has 1 unspecified atom stereocenters. The van der Waals surface area contributed by atoms with Gasteiger partial charge < -0.3 is 19.5 Å². The van der Waals surface area contributed by atoms with Gasteiger partial charge in [-0.05, 0) is 63.3 Å². The summed E-state index contributed by atoms with van der Waals surface area (Å²) in [4.78, 5) is 33.1. The Morgan fingerprint density at radius 2 is 1.77 bits per heavy atom. The van der Waals surface area contributed by atoms with Gasteiger partial charge in [-0.3, -0.25) is 0 Å². The predicted octanol–water partition coefficient (Wildman–Crippen LogP) is 7.11. The lowest BCUT2D eigenvalue weighted by molar-refractivity contribution is -0.137. The summed E-state index contributed by atoms with van der Waals surface area (Å²) in [5, 5.41) is 0.00342. The number of benzene rings is 1. The second kappa shape index (κ2) is 12.4. The highest BCUT2D eigenvalue weighted by atomic mass is 35.5. The van der Waals surface area contributed by atoms with E-state index in [1.807, 2.05) is 37.5 Å². The van der Waals surface area contributed by atoms with E-state index >= 15 is 0 Å². The number of carbonyl (C=O) groups excluding carboxylic acids is 1. The van der Waals surface area contributed by atoms with E-state index in [4.69, 9.17) is 16.3 Å². The third-order valence-electron chi connectivity index (χ3n) is 7.13. The quantitative estimate of drug-likeness (QED) is 0.306. The largest absolute Gasteiger partial charge is 0.447 e. The van der Waals surface area contributed by atoms with Crippen molar-refractivity contribution in [3.63, 3.8) is 0 Å². The van der Waals surface area contributed by atoms with Crippen LogP contribution in [0.5, 0.6) is 0 Å². The molecule has 0 saturated carbocycles. The molecule has 1 amide bonds. The number of halogens is 4. The molecule has 0 aliphatic carbocycles. The van der Waals surface area contributed by atoms with Crippen LogP contribution < -0.4 is 4.90 Å². The minimum atomic E-state index is -4.53. The second-order valence-electron chi connectivity index (χ2n) is 10.3. The molecule has 1 fully saturated rings. The Kier molecular flexibility index (Phi) is 9.22. The minimum Gasteiger partial charge on any atom is -0.447 e. The van der Waals surface area contributed by atoms with Crippen LogP contribution in [0, 0.1) is 0 Å². The topological polar surface area (TPSA) is 87.2 Å². The van der Waals surface area contributed by atoms with Gasteiger partial charge >= 0.3 is 12.3 Å². The average molecular weight is 579 g/mol. The molecule has 3 atom stereocenters. The Morgan fingerprint density at radius 3 is 2.30 bits per heavy atom. The van der Waals surface area contributed by atoms with Crippen molar-refractivity contribution >= 4 is 23.6 Å². The molecule has 216 valence electrons. The normalized spacial score (nSPS) is 19.6. The number of amides is 1. The number of aromatic amines is 1. The Hall–Kier alpha value is -3.34. The molecule has 2 aromatic heterocycles. The number of H-pyrrole nitrogens is 1. The van der Waals surface area contributed by atoms with Crippen molar-refractivity contribution in [2.24, 2.45) is 0 Å². The highest BCUT2D eigenvalue weighted by Crippen LogP contribution is 2.36. The molecule has 12 heteroatoms. The second-order valence-corrected chi connectivity index (χ2v) is 10.7. The van der Waals surface area contributed by atoms with Crippen LogP contribution in [0.3, 0.4) is 0 Å². The summed E-state index contributed by atoms with van der Waals surface area (Å²) in [6, 6.07) is 3.18. The number of carbonyl (C=O) groups is 1. The van der Waals surface area contributed by atoms with Crippen LogP contribution in [0.1, 0.15) is 64.5 Å². The van der Waals surface area contributed by atoms with Crippen molar-refractivity contribution in [2.45, 2.75) is 90.3 Å². The highest BCUT2D eigenvalue weighted by Gasteiger charge is 2.41. The highest BCUT2D eigenvalue weighted by molar-refractivity contribution is 6.30. The van der Waals surface area contributed by atoms with E-state index in [1.165, 1.54) is 6.07 Å². The number of piperidine rings is 1. The number of anilines is 1. The Balaban J connectivity index is 1.70. The summed E-state index contributed by atoms with van der Waals surface area (Å²) in [7, 11) is 0. The number of nitrogens with one attached hydrogen (secondary N) is 1. The summed E-state index contributed by atoms with van der Waals surface area (Å²) in [6.07, 6.45) is 4.01.